The van der Waals surface area contributed by atoms with Crippen molar-refractivity contribution in [2.75, 3.05) is 0 Å². The lowest BCUT2D eigenvalue weighted by Gasteiger charge is -2.18. The Hall–Kier alpha value is -2.17. The van der Waals surface area contributed by atoms with E-state index in [0.717, 1.165) is 11.3 Å². The highest BCUT2D eigenvalue weighted by Crippen LogP contribution is 2.29. The molecule has 3 aromatic rings. The van der Waals surface area contributed by atoms with Crippen molar-refractivity contribution in [1.29, 1.82) is 0 Å². The van der Waals surface area contributed by atoms with Gasteiger partial charge in [-0.15, -0.1) is 0 Å². The van der Waals surface area contributed by atoms with E-state index in [1.165, 1.54) is 16.3 Å². The number of nitrogens with two attached hydrogens (primary N) is 1. The Morgan fingerprint density at radius 3 is 2.55 bits per heavy atom. The number of fused-ring (bicyclic) bond motifs is 1. The van der Waals surface area contributed by atoms with Gasteiger partial charge in [0.1, 0.15) is 0 Å². The van der Waals surface area contributed by atoms with Crippen molar-refractivity contribution in [2.45, 2.75) is 13.0 Å². The third kappa shape index (κ3) is 1.99. The Morgan fingerprint density at radius 1 is 1.10 bits per heavy atom. The molecule has 4 heteroatoms. The summed E-state index contributed by atoms with van der Waals surface area (Å²) in [5, 5.41) is 6.74. The van der Waals surface area contributed by atoms with Crippen LogP contribution in [0, 0.1) is 6.92 Å². The summed E-state index contributed by atoms with van der Waals surface area (Å²) in [7, 11) is 1.94. The van der Waals surface area contributed by atoms with Crippen molar-refractivity contribution in [3.63, 3.8) is 0 Å². The molecule has 0 saturated heterocycles. The summed E-state index contributed by atoms with van der Waals surface area (Å²) < 4.78 is 1.87. The molecule has 0 saturated carbocycles. The maximum Gasteiger partial charge on any atom is 0.0749 e. The van der Waals surface area contributed by atoms with Crippen LogP contribution in [0.15, 0.2) is 48.7 Å². The number of rotatable bonds is 3. The molecule has 0 aliphatic carbocycles. The molecule has 1 aromatic heterocycles. The Labute approximate surface area is 118 Å². The van der Waals surface area contributed by atoms with E-state index in [0.29, 0.717) is 0 Å². The van der Waals surface area contributed by atoms with Crippen LogP contribution in [0.25, 0.3) is 10.8 Å². The first-order valence-electron chi connectivity index (χ1n) is 6.64. The molecular formula is C16H18N4. The van der Waals surface area contributed by atoms with Gasteiger partial charge in [-0.2, -0.15) is 5.10 Å². The molecule has 4 nitrogen and oxygen atoms in total. The number of hydrogen-bond donors (Lipinski definition) is 2. The van der Waals surface area contributed by atoms with Crippen molar-refractivity contribution in [1.82, 2.24) is 15.2 Å². The number of nitrogens with zero attached hydrogens (tertiary/aromatic N) is 2. The zero-order chi connectivity index (χ0) is 14.1. The minimum absolute atomic E-state index is 0.0604. The molecule has 0 bridgehead atoms. The smallest absolute Gasteiger partial charge is 0.0749 e. The largest absolute Gasteiger partial charge is 0.273 e. The highest BCUT2D eigenvalue weighted by atomic mass is 15.3. The van der Waals surface area contributed by atoms with Gasteiger partial charge in [-0.25, -0.2) is 5.43 Å². The summed E-state index contributed by atoms with van der Waals surface area (Å²) in [5.74, 6) is 5.82. The van der Waals surface area contributed by atoms with Crippen molar-refractivity contribution in [2.24, 2.45) is 12.9 Å². The van der Waals surface area contributed by atoms with Gasteiger partial charge in [-0.1, -0.05) is 42.5 Å². The topological polar surface area (TPSA) is 55.9 Å². The van der Waals surface area contributed by atoms with Crippen LogP contribution in [0.1, 0.15) is 22.9 Å². The van der Waals surface area contributed by atoms with E-state index in [1.54, 1.807) is 0 Å². The summed E-state index contributed by atoms with van der Waals surface area (Å²) in [6, 6.07) is 14.6. The Morgan fingerprint density at radius 2 is 1.85 bits per heavy atom. The Bertz CT molecular complexity index is 740. The zero-order valence-electron chi connectivity index (χ0n) is 11.7. The fourth-order valence-corrected chi connectivity index (χ4v) is 2.65. The van der Waals surface area contributed by atoms with Crippen LogP contribution in [0.4, 0.5) is 0 Å². The van der Waals surface area contributed by atoms with Crippen LogP contribution < -0.4 is 11.3 Å². The molecule has 3 rings (SSSR count). The van der Waals surface area contributed by atoms with Gasteiger partial charge in [0.15, 0.2) is 0 Å². The van der Waals surface area contributed by atoms with E-state index in [1.807, 2.05) is 24.0 Å². The molecule has 20 heavy (non-hydrogen) atoms. The summed E-state index contributed by atoms with van der Waals surface area (Å²) in [4.78, 5) is 0. The molecule has 0 aliphatic rings. The predicted octanol–water partition coefficient (Wildman–Crippen LogP) is 2.43. The van der Waals surface area contributed by atoms with E-state index in [4.69, 9.17) is 5.84 Å². The standard InChI is InChI=1S/C16H18N4/c1-11-15(10-18-20(11)2)16(19-17)14-9-5-7-12-6-3-4-8-13(12)14/h3-10,16,19H,17H2,1-2H3. The second-order valence-electron chi connectivity index (χ2n) is 4.98. The van der Waals surface area contributed by atoms with Crippen molar-refractivity contribution < 1.29 is 0 Å². The number of benzene rings is 2. The molecule has 1 heterocycles. The first-order valence-corrected chi connectivity index (χ1v) is 6.64. The van der Waals surface area contributed by atoms with Crippen LogP contribution in [0.2, 0.25) is 0 Å². The van der Waals surface area contributed by atoms with Gasteiger partial charge in [-0.05, 0) is 23.3 Å². The minimum atomic E-state index is -0.0604. The normalized spacial score (nSPS) is 12.8. The SMILES string of the molecule is Cc1c(C(NN)c2cccc3ccccc23)cnn1C. The fraction of sp³-hybridized carbons (Fsp3) is 0.188. The number of hydrogen-bond acceptors (Lipinski definition) is 3. The fourth-order valence-electron chi connectivity index (χ4n) is 2.65. The second kappa shape index (κ2) is 5.07. The predicted molar refractivity (Wildman–Crippen MR) is 81.1 cm³/mol. The molecule has 3 N–H and O–H groups in total. The van der Waals surface area contributed by atoms with E-state index >= 15 is 0 Å². The van der Waals surface area contributed by atoms with Crippen molar-refractivity contribution in [3.8, 4) is 0 Å². The van der Waals surface area contributed by atoms with Gasteiger partial charge in [0.05, 0.1) is 12.2 Å². The molecule has 1 atom stereocenters. The molecule has 0 radical (unpaired) electrons. The van der Waals surface area contributed by atoms with Crippen LogP contribution >= 0.6 is 0 Å². The number of hydrazine groups is 1. The van der Waals surface area contributed by atoms with Crippen LogP contribution in [-0.2, 0) is 7.05 Å². The van der Waals surface area contributed by atoms with E-state index < -0.39 is 0 Å². The maximum absolute atomic E-state index is 5.82. The summed E-state index contributed by atoms with van der Waals surface area (Å²) >= 11 is 0. The molecule has 2 aromatic carbocycles. The highest BCUT2D eigenvalue weighted by molar-refractivity contribution is 5.86. The number of nitrogens with one attached hydrogen (secondary N) is 1. The average Bonchev–Trinajstić information content (AvgIpc) is 2.81. The molecule has 0 amide bonds. The van der Waals surface area contributed by atoms with Gasteiger partial charge < -0.3 is 0 Å². The van der Waals surface area contributed by atoms with Gasteiger partial charge >= 0.3 is 0 Å². The van der Waals surface area contributed by atoms with Crippen LogP contribution in [0.5, 0.6) is 0 Å². The monoisotopic (exact) mass is 266 g/mol. The van der Waals surface area contributed by atoms with E-state index in [2.05, 4.69) is 53.8 Å². The molecule has 0 spiro atoms. The molecule has 102 valence electrons. The first kappa shape index (κ1) is 12.8. The van der Waals surface area contributed by atoms with Crippen LogP contribution in [0.3, 0.4) is 0 Å². The van der Waals surface area contributed by atoms with E-state index in [-0.39, 0.29) is 6.04 Å². The quantitative estimate of drug-likeness (QED) is 0.565. The number of aromatic nitrogens is 2. The lowest BCUT2D eigenvalue weighted by molar-refractivity contribution is 0.634. The molecule has 0 fully saturated rings. The van der Waals surface area contributed by atoms with E-state index in [9.17, 15) is 0 Å². The molecule has 1 unspecified atom stereocenters. The molecular weight excluding hydrogens is 248 g/mol. The molecule has 0 aliphatic heterocycles. The Kier molecular flexibility index (Phi) is 3.26. The first-order chi connectivity index (χ1) is 9.72. The van der Waals surface area contributed by atoms with Crippen molar-refractivity contribution >= 4 is 10.8 Å². The average molecular weight is 266 g/mol. The highest BCUT2D eigenvalue weighted by Gasteiger charge is 2.19. The lowest BCUT2D eigenvalue weighted by atomic mass is 9.94. The summed E-state index contributed by atoms with van der Waals surface area (Å²) in [6.45, 7) is 2.05. The number of aryl methyl sites for hydroxylation is 1. The Balaban J connectivity index is 2.19. The zero-order valence-corrected chi connectivity index (χ0v) is 11.7. The summed E-state index contributed by atoms with van der Waals surface area (Å²) in [5.41, 5.74) is 6.31. The summed E-state index contributed by atoms with van der Waals surface area (Å²) in [6.07, 6.45) is 1.88. The van der Waals surface area contributed by atoms with Crippen LogP contribution in [-0.4, -0.2) is 9.78 Å². The van der Waals surface area contributed by atoms with Gasteiger partial charge in [0.25, 0.3) is 0 Å². The van der Waals surface area contributed by atoms with Gasteiger partial charge in [-0.3, -0.25) is 10.5 Å². The van der Waals surface area contributed by atoms with Gasteiger partial charge in [0, 0.05) is 18.3 Å². The maximum atomic E-state index is 5.82. The third-order valence-electron chi connectivity index (χ3n) is 3.89. The van der Waals surface area contributed by atoms with Gasteiger partial charge in [0.2, 0.25) is 0 Å². The lowest BCUT2D eigenvalue weighted by Crippen LogP contribution is -2.29. The third-order valence-corrected chi connectivity index (χ3v) is 3.89. The minimum Gasteiger partial charge on any atom is -0.273 e. The van der Waals surface area contributed by atoms with Crippen molar-refractivity contribution in [3.05, 3.63) is 65.5 Å². The second-order valence-corrected chi connectivity index (χ2v) is 4.98.